The smallest absolute Gasteiger partial charge is 0.459 e. The summed E-state index contributed by atoms with van der Waals surface area (Å²) in [5, 5.41) is 13.6. The fourth-order valence-corrected chi connectivity index (χ4v) is 5.37. The highest BCUT2D eigenvalue weighted by Crippen LogP contribution is 2.51. The highest BCUT2D eigenvalue weighted by molar-refractivity contribution is 7.71. The third-order valence-electron chi connectivity index (χ3n) is 5.90. The fourth-order valence-electron chi connectivity index (χ4n) is 3.62. The van der Waals surface area contributed by atoms with Gasteiger partial charge in [-0.3, -0.25) is 23.7 Å². The minimum atomic E-state index is -4.29. The van der Waals surface area contributed by atoms with Gasteiger partial charge in [0.05, 0.1) is 12.7 Å². The van der Waals surface area contributed by atoms with Crippen molar-refractivity contribution in [1.29, 1.82) is 0 Å². The predicted molar refractivity (Wildman–Crippen MR) is 134 cm³/mol. The van der Waals surface area contributed by atoms with Crippen LogP contribution in [0.15, 0.2) is 47.4 Å². The van der Waals surface area contributed by atoms with Gasteiger partial charge in [0.1, 0.15) is 23.5 Å². The summed E-state index contributed by atoms with van der Waals surface area (Å²) in [6.07, 6.45) is -1.96. The number of carbonyl (C=O) groups excluding carboxylic acids is 1. The van der Waals surface area contributed by atoms with Crippen LogP contribution in [0.5, 0.6) is 5.75 Å². The molecule has 6 atom stereocenters. The van der Waals surface area contributed by atoms with Crippen molar-refractivity contribution >= 4 is 25.9 Å². The Kier molecular flexibility index (Phi) is 8.78. The molecule has 6 unspecified atom stereocenters. The number of hydrogen-bond acceptors (Lipinski definition) is 9. The molecule has 0 saturated carbocycles. The van der Waals surface area contributed by atoms with Gasteiger partial charge in [-0.25, -0.2) is 8.96 Å². The fraction of sp³-hybridized carbons (Fsp3) is 0.522. The summed E-state index contributed by atoms with van der Waals surface area (Å²) in [6.45, 7) is 6.48. The first-order valence-corrected chi connectivity index (χ1v) is 13.5. The molecule has 0 amide bonds. The van der Waals surface area contributed by atoms with Crippen LogP contribution < -0.4 is 15.2 Å². The van der Waals surface area contributed by atoms with Gasteiger partial charge in [0.2, 0.25) is 0 Å². The SMILES string of the molecule is CC(C)OC(=O)C(C)NP(=O)(OCC1OC(n2ccc(=O)[nH]c2=S)C(C)(F)C1(C)O)Oc1ccccc1. The van der Waals surface area contributed by atoms with E-state index in [9.17, 15) is 19.3 Å². The van der Waals surface area contributed by atoms with Crippen LogP contribution in [0, 0.1) is 4.77 Å². The Morgan fingerprint density at radius 1 is 1.30 bits per heavy atom. The molecular formula is C23H31FN3O8PS. The summed E-state index contributed by atoms with van der Waals surface area (Å²) in [6, 6.07) is 8.12. The second kappa shape index (κ2) is 11.1. The van der Waals surface area contributed by atoms with Gasteiger partial charge in [-0.1, -0.05) is 18.2 Å². The molecule has 1 aliphatic rings. The number of benzene rings is 1. The minimum absolute atomic E-state index is 0.115. The molecule has 1 saturated heterocycles. The zero-order chi connectivity index (χ0) is 27.6. The normalized spacial score (nSPS) is 28.0. The molecule has 204 valence electrons. The van der Waals surface area contributed by atoms with Gasteiger partial charge in [0.25, 0.3) is 5.56 Å². The van der Waals surface area contributed by atoms with Crippen molar-refractivity contribution in [3.05, 3.63) is 57.7 Å². The molecule has 0 bridgehead atoms. The Bertz CT molecular complexity index is 1270. The Morgan fingerprint density at radius 2 is 1.95 bits per heavy atom. The van der Waals surface area contributed by atoms with E-state index in [0.717, 1.165) is 17.6 Å². The van der Waals surface area contributed by atoms with Crippen molar-refractivity contribution in [2.45, 2.75) is 70.4 Å². The van der Waals surface area contributed by atoms with Crippen LogP contribution in [-0.4, -0.2) is 56.8 Å². The minimum Gasteiger partial charge on any atom is -0.462 e. The maximum atomic E-state index is 15.9. The first-order chi connectivity index (χ1) is 17.2. The summed E-state index contributed by atoms with van der Waals surface area (Å²) in [5.41, 5.74) is -5.05. The van der Waals surface area contributed by atoms with Gasteiger partial charge in [-0.05, 0) is 59.0 Å². The summed E-state index contributed by atoms with van der Waals surface area (Å²) >= 11 is 5.12. The number of esters is 1. The van der Waals surface area contributed by atoms with E-state index in [-0.39, 0.29) is 10.5 Å². The number of halogens is 1. The Hall–Kier alpha value is -2.41. The molecule has 2 heterocycles. The van der Waals surface area contributed by atoms with E-state index in [1.165, 1.54) is 32.2 Å². The molecule has 3 N–H and O–H groups in total. The summed E-state index contributed by atoms with van der Waals surface area (Å²) in [5.74, 6) is -0.516. The van der Waals surface area contributed by atoms with Crippen molar-refractivity contribution < 1.29 is 37.4 Å². The monoisotopic (exact) mass is 559 g/mol. The molecule has 37 heavy (non-hydrogen) atoms. The van der Waals surface area contributed by atoms with Gasteiger partial charge >= 0.3 is 13.7 Å². The lowest BCUT2D eigenvalue weighted by atomic mass is 9.85. The van der Waals surface area contributed by atoms with E-state index in [1.54, 1.807) is 32.0 Å². The number of H-pyrrole nitrogens is 1. The Morgan fingerprint density at radius 3 is 2.54 bits per heavy atom. The average Bonchev–Trinajstić information content (AvgIpc) is 2.97. The number of hydrogen-bond donors (Lipinski definition) is 3. The van der Waals surface area contributed by atoms with E-state index in [1.807, 2.05) is 0 Å². The number of aliphatic hydroxyl groups is 1. The molecule has 1 aromatic heterocycles. The molecule has 2 aromatic rings. The summed E-state index contributed by atoms with van der Waals surface area (Å²) in [4.78, 5) is 26.2. The van der Waals surface area contributed by atoms with Crippen LogP contribution in [0.3, 0.4) is 0 Å². The molecule has 0 spiro atoms. The maximum Gasteiger partial charge on any atom is 0.459 e. The van der Waals surface area contributed by atoms with Gasteiger partial charge < -0.3 is 19.1 Å². The molecule has 1 fully saturated rings. The number of ether oxygens (including phenoxy) is 2. The van der Waals surface area contributed by atoms with Gasteiger partial charge in [0.15, 0.2) is 16.7 Å². The largest absolute Gasteiger partial charge is 0.462 e. The molecule has 11 nitrogen and oxygen atoms in total. The lowest BCUT2D eigenvalue weighted by molar-refractivity contribution is -0.149. The van der Waals surface area contributed by atoms with Crippen molar-refractivity contribution in [1.82, 2.24) is 14.6 Å². The Labute approximate surface area is 218 Å². The zero-order valence-corrected chi connectivity index (χ0v) is 22.8. The molecule has 1 aliphatic heterocycles. The van der Waals surface area contributed by atoms with Crippen LogP contribution in [0.1, 0.15) is 40.8 Å². The number of para-hydroxylation sites is 1. The van der Waals surface area contributed by atoms with E-state index in [2.05, 4.69) is 10.1 Å². The third-order valence-corrected chi connectivity index (χ3v) is 7.86. The first kappa shape index (κ1) is 29.2. The number of rotatable bonds is 10. The van der Waals surface area contributed by atoms with Gasteiger partial charge in [0, 0.05) is 12.3 Å². The number of carbonyl (C=O) groups is 1. The number of aromatic amines is 1. The topological polar surface area (TPSA) is 141 Å². The zero-order valence-electron chi connectivity index (χ0n) is 21.0. The number of nitrogens with one attached hydrogen (secondary N) is 2. The van der Waals surface area contributed by atoms with Crippen LogP contribution in [-0.2, 0) is 23.4 Å². The van der Waals surface area contributed by atoms with Gasteiger partial charge in [-0.15, -0.1) is 0 Å². The van der Waals surface area contributed by atoms with E-state index in [0.29, 0.717) is 0 Å². The predicted octanol–water partition coefficient (Wildman–Crippen LogP) is 3.42. The molecule has 1 aromatic carbocycles. The lowest BCUT2D eigenvalue weighted by Crippen LogP contribution is -2.52. The standard InChI is InChI=1S/C23H31FN3O8PS/c1-14(2)33-19(29)15(3)26-36(31,35-16-9-7-6-8-10-16)32-13-17-23(5,30)22(4,24)20(34-17)27-12-11-18(28)25-21(27)37/h6-12,14-15,17,20,30H,13H2,1-5H3,(H,26,31)(H,25,28,37). The van der Waals surface area contributed by atoms with Crippen molar-refractivity contribution in [2.75, 3.05) is 6.61 Å². The average molecular weight is 560 g/mol. The highest BCUT2D eigenvalue weighted by atomic mass is 32.1. The second-order valence-corrected chi connectivity index (χ2v) is 11.3. The number of alkyl halides is 1. The molecular weight excluding hydrogens is 528 g/mol. The second-order valence-electron chi connectivity index (χ2n) is 9.25. The van der Waals surface area contributed by atoms with E-state index in [4.69, 9.17) is 30.7 Å². The van der Waals surface area contributed by atoms with Crippen LogP contribution in [0.4, 0.5) is 4.39 Å². The van der Waals surface area contributed by atoms with Crippen LogP contribution in [0.25, 0.3) is 0 Å². The highest BCUT2D eigenvalue weighted by Gasteiger charge is 2.63. The first-order valence-electron chi connectivity index (χ1n) is 11.5. The quantitative estimate of drug-likeness (QED) is 0.225. The summed E-state index contributed by atoms with van der Waals surface area (Å²) < 4.78 is 52.7. The van der Waals surface area contributed by atoms with Crippen molar-refractivity contribution in [3.63, 3.8) is 0 Å². The number of aromatic nitrogens is 2. The lowest BCUT2D eigenvalue weighted by Gasteiger charge is -2.33. The molecule has 14 heteroatoms. The van der Waals surface area contributed by atoms with Crippen molar-refractivity contribution in [3.8, 4) is 5.75 Å². The Balaban J connectivity index is 1.85. The van der Waals surface area contributed by atoms with Gasteiger partial charge in [-0.2, -0.15) is 5.09 Å². The van der Waals surface area contributed by atoms with E-state index >= 15 is 4.39 Å². The molecule has 3 rings (SSSR count). The van der Waals surface area contributed by atoms with Crippen LogP contribution >= 0.6 is 20.0 Å². The van der Waals surface area contributed by atoms with Crippen molar-refractivity contribution in [2.24, 2.45) is 0 Å². The summed E-state index contributed by atoms with van der Waals surface area (Å²) in [7, 11) is -4.29. The maximum absolute atomic E-state index is 15.9. The molecule has 0 radical (unpaired) electrons. The van der Waals surface area contributed by atoms with Crippen LogP contribution in [0.2, 0.25) is 0 Å². The van der Waals surface area contributed by atoms with E-state index < -0.39 is 61.6 Å². The third kappa shape index (κ3) is 6.54. The number of nitrogens with zero attached hydrogens (tertiary/aromatic N) is 1. The molecule has 0 aliphatic carbocycles.